The zero-order chi connectivity index (χ0) is 14.3. The predicted molar refractivity (Wildman–Crippen MR) is 86.1 cm³/mol. The molecule has 1 aromatic rings. The molecule has 0 aliphatic heterocycles. The van der Waals surface area contributed by atoms with E-state index in [1.807, 2.05) is 25.1 Å². The van der Waals surface area contributed by atoms with Gasteiger partial charge in [-0.1, -0.05) is 30.8 Å². The van der Waals surface area contributed by atoms with Crippen LogP contribution in [0.15, 0.2) is 18.2 Å². The van der Waals surface area contributed by atoms with Gasteiger partial charge in [-0.05, 0) is 50.5 Å². The van der Waals surface area contributed by atoms with Crippen molar-refractivity contribution in [2.45, 2.75) is 51.4 Å². The maximum Gasteiger partial charge on any atom is 0.122 e. The zero-order valence-corrected chi connectivity index (χ0v) is 13.1. The maximum absolute atomic E-state index is 6.28. The van der Waals surface area contributed by atoms with E-state index in [1.165, 1.54) is 19.2 Å². The van der Waals surface area contributed by atoms with E-state index in [4.69, 9.17) is 22.1 Å². The van der Waals surface area contributed by atoms with E-state index in [1.54, 1.807) is 0 Å². The van der Waals surface area contributed by atoms with Crippen molar-refractivity contribution in [1.29, 1.82) is 0 Å². The summed E-state index contributed by atoms with van der Waals surface area (Å²) in [6, 6.07) is 5.69. The minimum atomic E-state index is -0.129. The summed E-state index contributed by atoms with van der Waals surface area (Å²) in [6.07, 6.45) is 5.62. The number of benzene rings is 1. The Hall–Kier alpha value is -0.665. The van der Waals surface area contributed by atoms with Crippen LogP contribution in [0.25, 0.3) is 0 Å². The Kier molecular flexibility index (Phi) is 6.74. The topological polar surface area (TPSA) is 35.2 Å². The number of unbranched alkanes of at least 4 members (excludes halogenated alkanes) is 1. The standard InChI is InChI=1S/C15H25BClNO/c1-12-11-13(17)5-6-14(12)19-10-8-15(2,18)7-3-4-9-16/h5-6,11H,3-4,7-10,16,18H2,1-2H3. The summed E-state index contributed by atoms with van der Waals surface area (Å²) in [5.74, 6) is 0.897. The molecular weight excluding hydrogens is 256 g/mol. The summed E-state index contributed by atoms with van der Waals surface area (Å²) >= 11 is 5.92. The minimum Gasteiger partial charge on any atom is -0.493 e. The molecule has 0 fully saturated rings. The quantitative estimate of drug-likeness (QED) is 0.586. The fourth-order valence-electron chi connectivity index (χ4n) is 2.07. The average Bonchev–Trinajstić information content (AvgIpc) is 2.32. The lowest BCUT2D eigenvalue weighted by atomic mass is 9.90. The first-order chi connectivity index (χ1) is 8.94. The Bertz CT molecular complexity index is 396. The van der Waals surface area contributed by atoms with Gasteiger partial charge in [-0.25, -0.2) is 0 Å². The fourth-order valence-corrected chi connectivity index (χ4v) is 2.30. The molecule has 0 aliphatic carbocycles. The lowest BCUT2D eigenvalue weighted by Crippen LogP contribution is -2.37. The van der Waals surface area contributed by atoms with Gasteiger partial charge in [-0.15, -0.1) is 0 Å². The Labute approximate surface area is 123 Å². The van der Waals surface area contributed by atoms with Gasteiger partial charge >= 0.3 is 0 Å². The molecule has 0 spiro atoms. The summed E-state index contributed by atoms with van der Waals surface area (Å²) in [4.78, 5) is 0. The zero-order valence-electron chi connectivity index (χ0n) is 12.3. The molecule has 0 saturated heterocycles. The van der Waals surface area contributed by atoms with Crippen molar-refractivity contribution >= 4 is 19.4 Å². The number of hydrogen-bond acceptors (Lipinski definition) is 2. The first kappa shape index (κ1) is 16.4. The monoisotopic (exact) mass is 281 g/mol. The summed E-state index contributed by atoms with van der Waals surface area (Å²) < 4.78 is 5.80. The van der Waals surface area contributed by atoms with Gasteiger partial charge in [0, 0.05) is 10.6 Å². The van der Waals surface area contributed by atoms with Crippen molar-refractivity contribution in [3.63, 3.8) is 0 Å². The van der Waals surface area contributed by atoms with E-state index >= 15 is 0 Å². The smallest absolute Gasteiger partial charge is 0.122 e. The molecule has 1 rings (SSSR count). The van der Waals surface area contributed by atoms with Crippen LogP contribution < -0.4 is 10.5 Å². The number of nitrogens with two attached hydrogens (primary N) is 1. The highest BCUT2D eigenvalue weighted by molar-refractivity contribution is 6.30. The Morgan fingerprint density at radius 1 is 1.32 bits per heavy atom. The normalized spacial score (nSPS) is 14.1. The van der Waals surface area contributed by atoms with Gasteiger partial charge in [-0.3, -0.25) is 0 Å². The van der Waals surface area contributed by atoms with E-state index in [0.29, 0.717) is 6.61 Å². The largest absolute Gasteiger partial charge is 0.493 e. The molecule has 1 unspecified atom stereocenters. The summed E-state index contributed by atoms with van der Waals surface area (Å²) in [7, 11) is 2.21. The van der Waals surface area contributed by atoms with E-state index in [-0.39, 0.29) is 5.54 Å². The molecule has 1 aromatic carbocycles. The molecule has 0 radical (unpaired) electrons. The summed E-state index contributed by atoms with van der Waals surface area (Å²) in [6.45, 7) is 4.77. The Morgan fingerprint density at radius 2 is 2.05 bits per heavy atom. The highest BCUT2D eigenvalue weighted by atomic mass is 35.5. The van der Waals surface area contributed by atoms with Gasteiger partial charge in [0.05, 0.1) is 6.61 Å². The Morgan fingerprint density at radius 3 is 2.68 bits per heavy atom. The van der Waals surface area contributed by atoms with Gasteiger partial charge in [0.2, 0.25) is 0 Å². The van der Waals surface area contributed by atoms with Crippen LogP contribution in [0, 0.1) is 6.92 Å². The molecule has 0 amide bonds. The average molecular weight is 282 g/mol. The summed E-state index contributed by atoms with van der Waals surface area (Å²) in [5.41, 5.74) is 7.22. The van der Waals surface area contributed by atoms with Crippen molar-refractivity contribution in [2.24, 2.45) is 5.73 Å². The molecule has 0 aliphatic rings. The van der Waals surface area contributed by atoms with Gasteiger partial charge in [0.1, 0.15) is 13.6 Å². The highest BCUT2D eigenvalue weighted by Gasteiger charge is 2.17. The maximum atomic E-state index is 6.28. The van der Waals surface area contributed by atoms with Crippen LogP contribution >= 0.6 is 11.6 Å². The van der Waals surface area contributed by atoms with Crippen LogP contribution in [0.5, 0.6) is 5.75 Å². The molecule has 0 aromatic heterocycles. The molecule has 106 valence electrons. The van der Waals surface area contributed by atoms with Crippen molar-refractivity contribution in [2.75, 3.05) is 6.61 Å². The van der Waals surface area contributed by atoms with Crippen LogP contribution in [0.2, 0.25) is 11.3 Å². The third-order valence-corrected chi connectivity index (χ3v) is 3.65. The first-order valence-corrected chi connectivity index (χ1v) is 7.50. The van der Waals surface area contributed by atoms with E-state index in [2.05, 4.69) is 14.8 Å². The second-order valence-electron chi connectivity index (χ2n) is 5.62. The molecular formula is C15H25BClNO. The van der Waals surface area contributed by atoms with Crippen molar-refractivity contribution < 1.29 is 4.74 Å². The minimum absolute atomic E-state index is 0.129. The molecule has 0 heterocycles. The molecule has 2 nitrogen and oxygen atoms in total. The van der Waals surface area contributed by atoms with Crippen molar-refractivity contribution in [1.82, 2.24) is 0 Å². The molecule has 0 saturated carbocycles. The molecule has 4 heteroatoms. The van der Waals surface area contributed by atoms with Crippen LogP contribution in [-0.4, -0.2) is 20.0 Å². The molecule has 0 bridgehead atoms. The third-order valence-electron chi connectivity index (χ3n) is 3.42. The van der Waals surface area contributed by atoms with Crippen molar-refractivity contribution in [3.05, 3.63) is 28.8 Å². The second-order valence-corrected chi connectivity index (χ2v) is 6.06. The first-order valence-electron chi connectivity index (χ1n) is 7.12. The van der Waals surface area contributed by atoms with Crippen LogP contribution in [-0.2, 0) is 0 Å². The van der Waals surface area contributed by atoms with Crippen molar-refractivity contribution in [3.8, 4) is 5.75 Å². The van der Waals surface area contributed by atoms with Gasteiger partial charge in [0.25, 0.3) is 0 Å². The van der Waals surface area contributed by atoms with Gasteiger partial charge < -0.3 is 10.5 Å². The predicted octanol–water partition coefficient (Wildman–Crippen LogP) is 3.36. The summed E-state index contributed by atoms with van der Waals surface area (Å²) in [5, 5.41) is 0.744. The number of hydrogen-bond donors (Lipinski definition) is 1. The van der Waals surface area contributed by atoms with Crippen LogP contribution in [0.4, 0.5) is 0 Å². The SMILES string of the molecule is BCCCCC(C)(N)CCOc1ccc(Cl)cc1C. The third kappa shape index (κ3) is 6.35. The number of aryl methyl sites for hydroxylation is 1. The number of ether oxygens (including phenoxy) is 1. The van der Waals surface area contributed by atoms with Crippen LogP contribution in [0.1, 0.15) is 38.2 Å². The number of halogens is 1. The lowest BCUT2D eigenvalue weighted by molar-refractivity contribution is 0.255. The molecule has 19 heavy (non-hydrogen) atoms. The highest BCUT2D eigenvalue weighted by Crippen LogP contribution is 2.23. The van der Waals surface area contributed by atoms with Gasteiger partial charge in [0.15, 0.2) is 0 Å². The van der Waals surface area contributed by atoms with Gasteiger partial charge in [-0.2, -0.15) is 0 Å². The van der Waals surface area contributed by atoms with E-state index < -0.39 is 0 Å². The van der Waals surface area contributed by atoms with Crippen LogP contribution in [0.3, 0.4) is 0 Å². The number of rotatable bonds is 8. The molecule has 2 N–H and O–H groups in total. The second kappa shape index (κ2) is 7.81. The van der Waals surface area contributed by atoms with E-state index in [9.17, 15) is 0 Å². The lowest BCUT2D eigenvalue weighted by Gasteiger charge is -2.24. The Balaban J connectivity index is 2.36. The molecule has 1 atom stereocenters. The van der Waals surface area contributed by atoms with E-state index in [0.717, 1.165) is 29.2 Å². The fraction of sp³-hybridized carbons (Fsp3) is 0.600.